The molecule has 0 bridgehead atoms. The van der Waals surface area contributed by atoms with E-state index in [4.69, 9.17) is 0 Å². The number of ketones is 1. The highest BCUT2D eigenvalue weighted by molar-refractivity contribution is 7.11. The molecule has 0 saturated carbocycles. The summed E-state index contributed by atoms with van der Waals surface area (Å²) >= 11 is 1.65. The second kappa shape index (κ2) is 4.91. The van der Waals surface area contributed by atoms with Gasteiger partial charge >= 0.3 is 0 Å². The minimum Gasteiger partial charge on any atom is -0.290 e. The third-order valence-electron chi connectivity index (χ3n) is 1.70. The van der Waals surface area contributed by atoms with Crippen LogP contribution < -0.4 is 0 Å². The summed E-state index contributed by atoms with van der Waals surface area (Å²) < 4.78 is 0. The van der Waals surface area contributed by atoms with Crippen molar-refractivity contribution in [2.24, 2.45) is 0 Å². The van der Waals surface area contributed by atoms with Gasteiger partial charge in [-0.2, -0.15) is 0 Å². The first-order valence-electron chi connectivity index (χ1n) is 4.50. The van der Waals surface area contributed by atoms with E-state index in [0.717, 1.165) is 16.0 Å². The molecule has 14 heavy (non-hydrogen) atoms. The van der Waals surface area contributed by atoms with E-state index in [1.165, 1.54) is 0 Å². The van der Waals surface area contributed by atoms with Crippen molar-refractivity contribution in [1.82, 2.24) is 0 Å². The lowest BCUT2D eigenvalue weighted by molar-refractivity contribution is -0.110. The fourth-order valence-electron chi connectivity index (χ4n) is 1.11. The number of rotatable bonds is 3. The standard InChI is InChI=1S/C12H14OS/c1-9(2)7-11(13)8-10(3)12-5-4-6-14-12/h4-8H,1-3H3/b10-8-. The largest absolute Gasteiger partial charge is 0.290 e. The molecule has 1 nitrogen and oxygen atoms in total. The highest BCUT2D eigenvalue weighted by Gasteiger charge is 1.98. The van der Waals surface area contributed by atoms with Crippen LogP contribution in [0.2, 0.25) is 0 Å². The lowest BCUT2D eigenvalue weighted by Gasteiger charge is -1.94. The van der Waals surface area contributed by atoms with Crippen molar-refractivity contribution in [2.45, 2.75) is 20.8 Å². The summed E-state index contributed by atoms with van der Waals surface area (Å²) in [4.78, 5) is 12.6. The Labute approximate surface area is 88.8 Å². The molecule has 74 valence electrons. The molecule has 1 heterocycles. The van der Waals surface area contributed by atoms with Gasteiger partial charge in [-0.3, -0.25) is 4.79 Å². The Bertz CT molecular complexity index is 365. The van der Waals surface area contributed by atoms with E-state index in [-0.39, 0.29) is 5.78 Å². The van der Waals surface area contributed by atoms with Crippen molar-refractivity contribution in [3.63, 3.8) is 0 Å². The molecular formula is C12H14OS. The number of carbonyl (C=O) groups is 1. The molecule has 2 heteroatoms. The van der Waals surface area contributed by atoms with Crippen LogP contribution in [0, 0.1) is 0 Å². The van der Waals surface area contributed by atoms with Crippen LogP contribution in [-0.2, 0) is 4.79 Å². The summed E-state index contributed by atoms with van der Waals surface area (Å²) in [6.07, 6.45) is 3.33. The molecule has 0 spiro atoms. The second-order valence-corrected chi connectivity index (χ2v) is 4.38. The fourth-order valence-corrected chi connectivity index (χ4v) is 1.82. The first-order valence-corrected chi connectivity index (χ1v) is 5.38. The topological polar surface area (TPSA) is 17.1 Å². The smallest absolute Gasteiger partial charge is 0.178 e. The van der Waals surface area contributed by atoms with Crippen LogP contribution in [0.5, 0.6) is 0 Å². The van der Waals surface area contributed by atoms with E-state index in [1.807, 2.05) is 38.3 Å². The number of hydrogen-bond acceptors (Lipinski definition) is 2. The van der Waals surface area contributed by atoms with Crippen LogP contribution in [0.15, 0.2) is 35.2 Å². The lowest BCUT2D eigenvalue weighted by atomic mass is 10.1. The number of thiophene rings is 1. The van der Waals surface area contributed by atoms with Crippen LogP contribution in [0.4, 0.5) is 0 Å². The Balaban J connectivity index is 2.80. The monoisotopic (exact) mass is 206 g/mol. The van der Waals surface area contributed by atoms with Gasteiger partial charge in [-0.15, -0.1) is 11.3 Å². The second-order valence-electron chi connectivity index (χ2n) is 3.43. The predicted molar refractivity (Wildman–Crippen MR) is 62.4 cm³/mol. The molecule has 1 aromatic rings. The Morgan fingerprint density at radius 2 is 2.00 bits per heavy atom. The van der Waals surface area contributed by atoms with Crippen LogP contribution in [0.3, 0.4) is 0 Å². The molecule has 0 aliphatic rings. The first-order chi connectivity index (χ1) is 6.59. The normalized spacial score (nSPS) is 11.2. The van der Waals surface area contributed by atoms with Gasteiger partial charge in [0.15, 0.2) is 5.78 Å². The van der Waals surface area contributed by atoms with Crippen LogP contribution in [0.25, 0.3) is 5.57 Å². The van der Waals surface area contributed by atoms with Gasteiger partial charge in [0.05, 0.1) is 0 Å². The maximum Gasteiger partial charge on any atom is 0.178 e. The maximum atomic E-state index is 11.4. The van der Waals surface area contributed by atoms with Gasteiger partial charge in [-0.1, -0.05) is 11.6 Å². The summed E-state index contributed by atoms with van der Waals surface area (Å²) in [6.45, 7) is 5.81. The number of hydrogen-bond donors (Lipinski definition) is 0. The van der Waals surface area contributed by atoms with E-state index in [2.05, 4.69) is 0 Å². The highest BCUT2D eigenvalue weighted by Crippen LogP contribution is 2.19. The zero-order valence-corrected chi connectivity index (χ0v) is 9.52. The van der Waals surface area contributed by atoms with Crippen molar-refractivity contribution in [3.8, 4) is 0 Å². The minimum absolute atomic E-state index is 0.0656. The van der Waals surface area contributed by atoms with Gasteiger partial charge in [-0.05, 0) is 49.9 Å². The van der Waals surface area contributed by atoms with Gasteiger partial charge in [0.25, 0.3) is 0 Å². The van der Waals surface area contributed by atoms with Crippen LogP contribution in [-0.4, -0.2) is 5.78 Å². The SMILES string of the molecule is CC(C)=CC(=O)/C=C(/C)c1cccs1. The van der Waals surface area contributed by atoms with E-state index in [0.29, 0.717) is 0 Å². The first kappa shape index (κ1) is 10.9. The third kappa shape index (κ3) is 3.30. The average molecular weight is 206 g/mol. The Kier molecular flexibility index (Phi) is 3.84. The molecule has 0 unspecified atom stereocenters. The summed E-state index contributed by atoms with van der Waals surface area (Å²) in [5.74, 6) is 0.0656. The summed E-state index contributed by atoms with van der Waals surface area (Å²) in [7, 11) is 0. The molecule has 0 amide bonds. The number of carbonyl (C=O) groups excluding carboxylic acids is 1. The zero-order chi connectivity index (χ0) is 10.6. The van der Waals surface area contributed by atoms with E-state index in [9.17, 15) is 4.79 Å². The maximum absolute atomic E-state index is 11.4. The van der Waals surface area contributed by atoms with Crippen LogP contribution >= 0.6 is 11.3 Å². The van der Waals surface area contributed by atoms with Gasteiger partial charge in [0.1, 0.15) is 0 Å². The number of allylic oxidation sites excluding steroid dienone is 4. The van der Waals surface area contributed by atoms with E-state index >= 15 is 0 Å². The van der Waals surface area contributed by atoms with Gasteiger partial charge in [-0.25, -0.2) is 0 Å². The molecular weight excluding hydrogens is 192 g/mol. The summed E-state index contributed by atoms with van der Waals surface area (Å²) in [6, 6.07) is 4.01. The minimum atomic E-state index is 0.0656. The molecule has 1 aromatic heterocycles. The zero-order valence-electron chi connectivity index (χ0n) is 8.70. The Morgan fingerprint density at radius 3 is 2.50 bits per heavy atom. The van der Waals surface area contributed by atoms with Crippen molar-refractivity contribution >= 4 is 22.7 Å². The summed E-state index contributed by atoms with van der Waals surface area (Å²) in [5.41, 5.74) is 2.06. The van der Waals surface area contributed by atoms with Crippen molar-refractivity contribution in [1.29, 1.82) is 0 Å². The van der Waals surface area contributed by atoms with Gasteiger partial charge in [0.2, 0.25) is 0 Å². The molecule has 0 fully saturated rings. The molecule has 0 N–H and O–H groups in total. The van der Waals surface area contributed by atoms with Crippen molar-refractivity contribution in [2.75, 3.05) is 0 Å². The molecule has 0 saturated heterocycles. The Hall–Kier alpha value is -1.15. The molecule has 0 aromatic carbocycles. The average Bonchev–Trinajstić information content (AvgIpc) is 2.53. The third-order valence-corrected chi connectivity index (χ3v) is 2.70. The van der Waals surface area contributed by atoms with E-state index in [1.54, 1.807) is 23.5 Å². The summed E-state index contributed by atoms with van der Waals surface area (Å²) in [5, 5.41) is 2.01. The molecule has 0 atom stereocenters. The predicted octanol–water partition coefficient (Wildman–Crippen LogP) is 3.69. The molecule has 0 radical (unpaired) electrons. The molecule has 0 aliphatic carbocycles. The van der Waals surface area contributed by atoms with Crippen molar-refractivity contribution < 1.29 is 4.79 Å². The molecule has 0 aliphatic heterocycles. The highest BCUT2D eigenvalue weighted by atomic mass is 32.1. The van der Waals surface area contributed by atoms with E-state index < -0.39 is 0 Å². The molecule has 1 rings (SSSR count). The lowest BCUT2D eigenvalue weighted by Crippen LogP contribution is -1.88. The van der Waals surface area contributed by atoms with Gasteiger partial charge in [0, 0.05) is 4.88 Å². The fraction of sp³-hybridized carbons (Fsp3) is 0.250. The Morgan fingerprint density at radius 1 is 1.29 bits per heavy atom. The van der Waals surface area contributed by atoms with Crippen LogP contribution in [0.1, 0.15) is 25.6 Å². The van der Waals surface area contributed by atoms with Crippen molar-refractivity contribution in [3.05, 3.63) is 40.1 Å². The quantitative estimate of drug-likeness (QED) is 0.689. The van der Waals surface area contributed by atoms with Gasteiger partial charge < -0.3 is 0 Å².